The second-order valence-corrected chi connectivity index (χ2v) is 6.97. The lowest BCUT2D eigenvalue weighted by Gasteiger charge is -2.13. The van der Waals surface area contributed by atoms with Crippen LogP contribution >= 0.6 is 0 Å². The number of hydrogen-bond donors (Lipinski definition) is 0. The number of carbonyl (C=O) groups excluding carboxylic acids is 1. The number of nitrogens with zero attached hydrogens (tertiary/aromatic N) is 1. The van der Waals surface area contributed by atoms with Gasteiger partial charge in [-0.05, 0) is 37.8 Å². The molecule has 0 aliphatic rings. The number of rotatable bonds is 11. The van der Waals surface area contributed by atoms with Crippen LogP contribution in [0.15, 0.2) is 61.7 Å². The van der Waals surface area contributed by atoms with E-state index >= 15 is 0 Å². The van der Waals surface area contributed by atoms with Gasteiger partial charge in [0.25, 0.3) is 0 Å². The highest BCUT2D eigenvalue weighted by atomic mass is 19.2. The molecular formula is C24H25F4NO3. The van der Waals surface area contributed by atoms with E-state index in [1.54, 1.807) is 12.2 Å². The minimum atomic E-state index is -0.997. The summed E-state index contributed by atoms with van der Waals surface area (Å²) >= 11 is 0. The van der Waals surface area contributed by atoms with Gasteiger partial charge >= 0.3 is 0 Å². The molecule has 0 saturated heterocycles. The number of carbonyl (C=O) groups is 1. The number of hydrogen-bond acceptors (Lipinski definition) is 3. The first kappa shape index (κ1) is 26.7. The Morgan fingerprint density at radius 3 is 1.88 bits per heavy atom. The van der Waals surface area contributed by atoms with Crippen LogP contribution in [0.3, 0.4) is 0 Å². The Morgan fingerprint density at radius 1 is 0.875 bits per heavy atom. The molecule has 0 amide bonds. The zero-order valence-electron chi connectivity index (χ0n) is 17.5. The molecule has 0 unspecified atom stereocenters. The highest BCUT2D eigenvalue weighted by molar-refractivity contribution is 5.62. The third kappa shape index (κ3) is 8.09. The maximum Gasteiger partial charge on any atom is 0.210 e. The largest absolute Gasteiger partial charge is 0.303 e. The van der Waals surface area contributed by atoms with Crippen LogP contribution in [-0.2, 0) is 4.79 Å². The SMILES string of the molecule is C=CCC[C@H](C=O)c1cccc(F)c1F.C=CCC[C@H](C[N+](=O)[O-])c1cccc(F)c1F. The van der Waals surface area contributed by atoms with E-state index in [0.29, 0.717) is 32.0 Å². The topological polar surface area (TPSA) is 60.2 Å². The van der Waals surface area contributed by atoms with E-state index in [4.69, 9.17) is 0 Å². The first-order chi connectivity index (χ1) is 15.3. The van der Waals surface area contributed by atoms with Crippen molar-refractivity contribution in [3.8, 4) is 0 Å². The van der Waals surface area contributed by atoms with Gasteiger partial charge in [0.05, 0.1) is 5.92 Å². The Hall–Kier alpha value is -3.29. The molecule has 0 bridgehead atoms. The quantitative estimate of drug-likeness (QED) is 0.129. The van der Waals surface area contributed by atoms with Crippen molar-refractivity contribution >= 4 is 6.29 Å². The maximum atomic E-state index is 13.5. The van der Waals surface area contributed by atoms with Gasteiger partial charge in [-0.25, -0.2) is 17.6 Å². The smallest absolute Gasteiger partial charge is 0.210 e. The first-order valence-electron chi connectivity index (χ1n) is 9.93. The van der Waals surface area contributed by atoms with Gasteiger partial charge in [0, 0.05) is 22.0 Å². The molecule has 0 aromatic heterocycles. The molecule has 0 saturated carbocycles. The van der Waals surface area contributed by atoms with E-state index in [2.05, 4.69) is 13.2 Å². The summed E-state index contributed by atoms with van der Waals surface area (Å²) in [6.45, 7) is 6.62. The highest BCUT2D eigenvalue weighted by Gasteiger charge is 2.22. The van der Waals surface area contributed by atoms with E-state index < -0.39 is 46.6 Å². The Balaban J connectivity index is 0.000000323. The number of nitro groups is 1. The summed E-state index contributed by atoms with van der Waals surface area (Å²) in [6.07, 6.45) is 5.84. The number of aldehydes is 1. The van der Waals surface area contributed by atoms with Crippen molar-refractivity contribution in [2.75, 3.05) is 6.54 Å². The van der Waals surface area contributed by atoms with E-state index in [1.165, 1.54) is 24.3 Å². The molecule has 2 atom stereocenters. The second-order valence-electron chi connectivity index (χ2n) is 6.97. The number of halogens is 4. The highest BCUT2D eigenvalue weighted by Crippen LogP contribution is 2.26. The van der Waals surface area contributed by atoms with Gasteiger partial charge in [0.2, 0.25) is 6.54 Å². The van der Waals surface area contributed by atoms with Crippen molar-refractivity contribution in [3.63, 3.8) is 0 Å². The third-order valence-corrected chi connectivity index (χ3v) is 4.74. The standard InChI is InChI=1S/C12H13F2NO2.C12H12F2O/c1-2-3-5-9(8-15(16)17)10-6-4-7-11(13)12(10)14;1-2-3-5-9(8-15)10-6-4-7-11(13)12(10)14/h2,4,6-7,9H,1,3,5,8H2;2,4,6-9H,1,3,5H2/t2*9-/m11/s1. The fourth-order valence-corrected chi connectivity index (χ4v) is 3.08. The van der Waals surface area contributed by atoms with Crippen LogP contribution in [0.5, 0.6) is 0 Å². The first-order valence-corrected chi connectivity index (χ1v) is 9.93. The minimum absolute atomic E-state index is 0.0588. The molecule has 0 fully saturated rings. The summed E-state index contributed by atoms with van der Waals surface area (Å²) in [5, 5.41) is 10.5. The molecule has 0 radical (unpaired) electrons. The van der Waals surface area contributed by atoms with Crippen LogP contribution in [-0.4, -0.2) is 17.8 Å². The van der Waals surface area contributed by atoms with Crippen LogP contribution in [0.2, 0.25) is 0 Å². The molecule has 2 rings (SSSR count). The molecule has 172 valence electrons. The van der Waals surface area contributed by atoms with E-state index in [1.807, 2.05) is 0 Å². The molecule has 0 N–H and O–H groups in total. The van der Waals surface area contributed by atoms with Crippen molar-refractivity contribution in [1.29, 1.82) is 0 Å². The fraction of sp³-hybridized carbons (Fsp3) is 0.292. The second kappa shape index (κ2) is 13.9. The molecular weight excluding hydrogens is 426 g/mol. The lowest BCUT2D eigenvalue weighted by molar-refractivity contribution is -0.483. The van der Waals surface area contributed by atoms with Crippen LogP contribution in [0.1, 0.15) is 48.6 Å². The van der Waals surface area contributed by atoms with Crippen molar-refractivity contribution in [2.45, 2.75) is 37.5 Å². The monoisotopic (exact) mass is 451 g/mol. The fourth-order valence-electron chi connectivity index (χ4n) is 3.08. The summed E-state index contributed by atoms with van der Waals surface area (Å²) in [5.41, 5.74) is 0.176. The summed E-state index contributed by atoms with van der Waals surface area (Å²) in [6, 6.07) is 7.60. The van der Waals surface area contributed by atoms with Crippen molar-refractivity contribution in [2.24, 2.45) is 0 Å². The predicted octanol–water partition coefficient (Wildman–Crippen LogP) is 6.50. The molecule has 2 aromatic carbocycles. The molecule has 2 aromatic rings. The average molecular weight is 451 g/mol. The van der Waals surface area contributed by atoms with Gasteiger partial charge < -0.3 is 4.79 Å². The predicted molar refractivity (Wildman–Crippen MR) is 115 cm³/mol. The zero-order chi connectivity index (χ0) is 24.1. The van der Waals surface area contributed by atoms with E-state index in [9.17, 15) is 32.5 Å². The van der Waals surface area contributed by atoms with Gasteiger partial charge in [0.1, 0.15) is 6.29 Å². The molecule has 0 aliphatic carbocycles. The van der Waals surface area contributed by atoms with Crippen LogP contribution in [0, 0.1) is 33.4 Å². The lowest BCUT2D eigenvalue weighted by Crippen LogP contribution is -2.14. The molecule has 0 heterocycles. The molecule has 32 heavy (non-hydrogen) atoms. The van der Waals surface area contributed by atoms with Crippen LogP contribution in [0.25, 0.3) is 0 Å². The minimum Gasteiger partial charge on any atom is -0.303 e. The van der Waals surface area contributed by atoms with Gasteiger partial charge in [-0.15, -0.1) is 13.2 Å². The van der Waals surface area contributed by atoms with Crippen LogP contribution < -0.4 is 0 Å². The number of allylic oxidation sites excluding steroid dienone is 2. The number of benzene rings is 2. The molecule has 8 heteroatoms. The van der Waals surface area contributed by atoms with Crippen LogP contribution in [0.4, 0.5) is 17.6 Å². The Kier molecular flexibility index (Phi) is 11.6. The Bertz CT molecular complexity index is 933. The summed E-state index contributed by atoms with van der Waals surface area (Å²) < 4.78 is 52.7. The Morgan fingerprint density at radius 2 is 1.38 bits per heavy atom. The maximum absolute atomic E-state index is 13.5. The summed E-state index contributed by atoms with van der Waals surface area (Å²) in [4.78, 5) is 20.7. The van der Waals surface area contributed by atoms with E-state index in [0.717, 1.165) is 12.1 Å². The lowest BCUT2D eigenvalue weighted by atomic mass is 9.93. The molecule has 4 nitrogen and oxygen atoms in total. The van der Waals surface area contributed by atoms with Crippen molar-refractivity contribution < 1.29 is 27.3 Å². The summed E-state index contributed by atoms with van der Waals surface area (Å²) in [5.74, 6) is -5.05. The molecule has 0 aliphatic heterocycles. The van der Waals surface area contributed by atoms with Crippen molar-refractivity contribution in [3.05, 3.63) is 106 Å². The average Bonchev–Trinajstić information content (AvgIpc) is 2.76. The van der Waals surface area contributed by atoms with Gasteiger partial charge in [-0.2, -0.15) is 0 Å². The van der Waals surface area contributed by atoms with Gasteiger partial charge in [-0.3, -0.25) is 10.1 Å². The van der Waals surface area contributed by atoms with E-state index in [-0.39, 0.29) is 11.1 Å². The normalized spacial score (nSPS) is 12.1. The molecule has 0 spiro atoms. The van der Waals surface area contributed by atoms with Gasteiger partial charge in [-0.1, -0.05) is 36.4 Å². The third-order valence-electron chi connectivity index (χ3n) is 4.74. The zero-order valence-corrected chi connectivity index (χ0v) is 17.5. The Labute approximate surface area is 184 Å². The van der Waals surface area contributed by atoms with Crippen molar-refractivity contribution in [1.82, 2.24) is 0 Å². The summed E-state index contributed by atoms with van der Waals surface area (Å²) in [7, 11) is 0. The van der Waals surface area contributed by atoms with Gasteiger partial charge in [0.15, 0.2) is 23.3 Å².